The van der Waals surface area contributed by atoms with Crippen LogP contribution in [-0.2, 0) is 30.4 Å². The van der Waals surface area contributed by atoms with E-state index in [2.05, 4.69) is 10.6 Å². The summed E-state index contributed by atoms with van der Waals surface area (Å²) < 4.78 is 0. The molecule has 1 aliphatic rings. The zero-order chi connectivity index (χ0) is 26.1. The van der Waals surface area contributed by atoms with E-state index in [0.717, 1.165) is 0 Å². The average Bonchev–Trinajstić information content (AvgIpc) is 3.30. The number of likely N-dealkylation sites (tertiary alicyclic amines) is 1. The first-order valence-corrected chi connectivity index (χ1v) is 11.3. The zero-order valence-corrected chi connectivity index (χ0v) is 19.4. The van der Waals surface area contributed by atoms with Crippen LogP contribution in [0.15, 0.2) is 30.3 Å². The maximum Gasteiger partial charge on any atom is 0.326 e. The van der Waals surface area contributed by atoms with Gasteiger partial charge in [0.25, 0.3) is 0 Å². The maximum atomic E-state index is 13.2. The number of carbonyl (C=O) groups excluding carboxylic acids is 3. The molecule has 192 valence electrons. The lowest BCUT2D eigenvalue weighted by Crippen LogP contribution is -2.58. The van der Waals surface area contributed by atoms with Crippen molar-refractivity contribution in [2.75, 3.05) is 6.54 Å². The third-order valence-electron chi connectivity index (χ3n) is 5.82. The summed E-state index contributed by atoms with van der Waals surface area (Å²) in [5, 5.41) is 33.0. The number of carbonyl (C=O) groups is 5. The quantitative estimate of drug-likeness (QED) is 0.208. The number of aliphatic carboxylic acids is 2. The van der Waals surface area contributed by atoms with Crippen molar-refractivity contribution < 1.29 is 39.3 Å². The zero-order valence-electron chi connectivity index (χ0n) is 19.4. The van der Waals surface area contributed by atoms with E-state index in [9.17, 15) is 34.2 Å². The SMILES string of the molecule is CC(O)C(N)C(=O)NC(CCC(=O)O)C(=O)N1CCCC1C(=O)NC(Cc1ccccc1)C(=O)O. The Morgan fingerprint density at radius 2 is 1.74 bits per heavy atom. The Morgan fingerprint density at radius 1 is 1.09 bits per heavy atom. The minimum Gasteiger partial charge on any atom is -0.481 e. The highest BCUT2D eigenvalue weighted by atomic mass is 16.4. The molecular weight excluding hydrogens is 460 g/mol. The van der Waals surface area contributed by atoms with Crippen LogP contribution < -0.4 is 16.4 Å². The summed E-state index contributed by atoms with van der Waals surface area (Å²) in [6.07, 6.45) is -1.08. The second kappa shape index (κ2) is 12.8. The van der Waals surface area contributed by atoms with Crippen LogP contribution in [0.3, 0.4) is 0 Å². The number of nitrogens with zero attached hydrogens (tertiary/aromatic N) is 1. The molecule has 1 saturated heterocycles. The standard InChI is InChI=1S/C23H32N4O8/c1-13(28)19(24)21(32)25-15(9-10-18(29)30)22(33)27-11-5-8-17(27)20(31)26-16(23(34)35)12-14-6-3-2-4-7-14/h2-4,6-7,13,15-17,19,28H,5,8-12,24H2,1H3,(H,25,32)(H,26,31)(H,29,30)(H,34,35). The predicted octanol–water partition coefficient (Wildman–Crippen LogP) is -1.15. The first-order valence-electron chi connectivity index (χ1n) is 11.3. The van der Waals surface area contributed by atoms with Gasteiger partial charge in [-0.3, -0.25) is 19.2 Å². The smallest absolute Gasteiger partial charge is 0.326 e. The number of carboxylic acids is 2. The van der Waals surface area contributed by atoms with Crippen molar-refractivity contribution in [3.05, 3.63) is 35.9 Å². The number of carboxylic acid groups (broad SMARTS) is 2. The van der Waals surface area contributed by atoms with Gasteiger partial charge >= 0.3 is 11.9 Å². The molecule has 1 aromatic rings. The molecule has 3 amide bonds. The molecule has 5 atom stereocenters. The van der Waals surface area contributed by atoms with Crippen molar-refractivity contribution in [3.8, 4) is 0 Å². The summed E-state index contributed by atoms with van der Waals surface area (Å²) in [6, 6.07) is 3.96. The van der Waals surface area contributed by atoms with Crippen molar-refractivity contribution in [2.45, 2.75) is 69.3 Å². The van der Waals surface area contributed by atoms with Crippen molar-refractivity contribution in [3.63, 3.8) is 0 Å². The fourth-order valence-corrected chi connectivity index (χ4v) is 3.83. The van der Waals surface area contributed by atoms with Crippen LogP contribution in [0.1, 0.15) is 38.2 Å². The van der Waals surface area contributed by atoms with Gasteiger partial charge in [-0.05, 0) is 31.7 Å². The number of hydrogen-bond donors (Lipinski definition) is 6. The molecule has 1 aromatic carbocycles. The van der Waals surface area contributed by atoms with Crippen LogP contribution >= 0.6 is 0 Å². The normalized spacial score (nSPS) is 18.7. The summed E-state index contributed by atoms with van der Waals surface area (Å²) in [5.74, 6) is -4.57. The number of nitrogens with one attached hydrogen (secondary N) is 2. The molecule has 0 spiro atoms. The Kier molecular flexibility index (Phi) is 10.2. The van der Waals surface area contributed by atoms with Crippen molar-refractivity contribution >= 4 is 29.7 Å². The van der Waals surface area contributed by atoms with Gasteiger partial charge in [0.2, 0.25) is 17.7 Å². The number of amides is 3. The first-order chi connectivity index (χ1) is 16.5. The Hall–Kier alpha value is -3.51. The second-order valence-corrected chi connectivity index (χ2v) is 8.54. The van der Waals surface area contributed by atoms with Gasteiger partial charge in [0.05, 0.1) is 6.10 Å². The second-order valence-electron chi connectivity index (χ2n) is 8.54. The van der Waals surface area contributed by atoms with Crippen LogP contribution in [-0.4, -0.2) is 86.7 Å². The molecule has 0 aliphatic carbocycles. The maximum absolute atomic E-state index is 13.2. The first kappa shape index (κ1) is 27.7. The lowest BCUT2D eigenvalue weighted by atomic mass is 10.0. The lowest BCUT2D eigenvalue weighted by molar-refractivity contribution is -0.145. The van der Waals surface area contributed by atoms with E-state index in [1.165, 1.54) is 11.8 Å². The number of rotatable bonds is 12. The predicted molar refractivity (Wildman–Crippen MR) is 123 cm³/mol. The van der Waals surface area contributed by atoms with Crippen molar-refractivity contribution in [2.24, 2.45) is 5.73 Å². The fraction of sp³-hybridized carbons (Fsp3) is 0.522. The molecule has 0 aromatic heterocycles. The Bertz CT molecular complexity index is 923. The van der Waals surface area contributed by atoms with Crippen molar-refractivity contribution in [1.82, 2.24) is 15.5 Å². The number of nitrogens with two attached hydrogens (primary N) is 1. The van der Waals surface area contributed by atoms with Gasteiger partial charge in [-0.25, -0.2) is 4.79 Å². The summed E-state index contributed by atoms with van der Waals surface area (Å²) >= 11 is 0. The topological polar surface area (TPSA) is 199 Å². The molecule has 12 nitrogen and oxygen atoms in total. The van der Waals surface area contributed by atoms with E-state index in [0.29, 0.717) is 12.0 Å². The van der Waals surface area contributed by atoms with E-state index in [-0.39, 0.29) is 25.8 Å². The average molecular weight is 493 g/mol. The van der Waals surface area contributed by atoms with Gasteiger partial charge < -0.3 is 36.6 Å². The minimum atomic E-state index is -1.33. The molecule has 0 saturated carbocycles. The van der Waals surface area contributed by atoms with Gasteiger partial charge in [0, 0.05) is 19.4 Å². The van der Waals surface area contributed by atoms with Crippen LogP contribution in [0.5, 0.6) is 0 Å². The lowest BCUT2D eigenvalue weighted by Gasteiger charge is -2.30. The highest BCUT2D eigenvalue weighted by Gasteiger charge is 2.39. The number of hydrogen-bond acceptors (Lipinski definition) is 7. The molecule has 5 unspecified atom stereocenters. The molecule has 0 bridgehead atoms. The third kappa shape index (κ3) is 8.04. The van der Waals surface area contributed by atoms with Gasteiger partial charge in [0.1, 0.15) is 24.2 Å². The number of aliphatic hydroxyl groups excluding tert-OH is 1. The summed E-state index contributed by atoms with van der Waals surface area (Å²) in [4.78, 5) is 62.5. The highest BCUT2D eigenvalue weighted by Crippen LogP contribution is 2.20. The summed E-state index contributed by atoms with van der Waals surface area (Å²) in [6.45, 7) is 1.47. The minimum absolute atomic E-state index is 0.0527. The van der Waals surface area contributed by atoms with E-state index in [4.69, 9.17) is 10.8 Å². The molecule has 2 rings (SSSR count). The van der Waals surface area contributed by atoms with E-state index < -0.39 is 66.4 Å². The fourth-order valence-electron chi connectivity index (χ4n) is 3.83. The summed E-state index contributed by atoms with van der Waals surface area (Å²) in [7, 11) is 0. The van der Waals surface area contributed by atoms with Gasteiger partial charge in [0.15, 0.2) is 0 Å². The van der Waals surface area contributed by atoms with Gasteiger partial charge in [-0.15, -0.1) is 0 Å². The number of benzene rings is 1. The highest BCUT2D eigenvalue weighted by molar-refractivity contribution is 5.94. The van der Waals surface area contributed by atoms with Crippen LogP contribution in [0, 0.1) is 0 Å². The third-order valence-corrected chi connectivity index (χ3v) is 5.82. The monoisotopic (exact) mass is 492 g/mol. The Balaban J connectivity index is 2.14. The Labute approximate surface area is 202 Å². The van der Waals surface area contributed by atoms with Gasteiger partial charge in [-0.2, -0.15) is 0 Å². The van der Waals surface area contributed by atoms with Crippen LogP contribution in [0.4, 0.5) is 0 Å². The number of aliphatic hydroxyl groups is 1. The molecule has 7 N–H and O–H groups in total. The molecule has 1 heterocycles. The molecule has 1 fully saturated rings. The summed E-state index contributed by atoms with van der Waals surface area (Å²) in [5.41, 5.74) is 6.33. The van der Waals surface area contributed by atoms with Crippen LogP contribution in [0.2, 0.25) is 0 Å². The van der Waals surface area contributed by atoms with Crippen LogP contribution in [0.25, 0.3) is 0 Å². The molecule has 0 radical (unpaired) electrons. The van der Waals surface area contributed by atoms with E-state index in [1.807, 2.05) is 0 Å². The molecule has 35 heavy (non-hydrogen) atoms. The largest absolute Gasteiger partial charge is 0.481 e. The van der Waals surface area contributed by atoms with E-state index in [1.54, 1.807) is 30.3 Å². The van der Waals surface area contributed by atoms with Gasteiger partial charge in [-0.1, -0.05) is 30.3 Å². The molecule has 12 heteroatoms. The van der Waals surface area contributed by atoms with E-state index >= 15 is 0 Å². The van der Waals surface area contributed by atoms with Crippen molar-refractivity contribution in [1.29, 1.82) is 0 Å². The molecule has 1 aliphatic heterocycles. The molecular formula is C23H32N4O8. The Morgan fingerprint density at radius 3 is 2.31 bits per heavy atom.